The van der Waals surface area contributed by atoms with E-state index in [9.17, 15) is 10.1 Å². The third-order valence-electron chi connectivity index (χ3n) is 3.13. The van der Waals surface area contributed by atoms with Crippen LogP contribution in [-0.2, 0) is 13.7 Å². The minimum Gasteiger partial charge on any atom is -0.482 e. The number of fused-ring (bicyclic) bond motifs is 1. The van der Waals surface area contributed by atoms with Gasteiger partial charge in [-0.25, -0.2) is 0 Å². The number of benzene rings is 2. The Balaban J connectivity index is 1.95. The van der Waals surface area contributed by atoms with Gasteiger partial charge in [0.1, 0.15) is 6.61 Å². The number of hydrogen-bond donors (Lipinski definition) is 0. The fraction of sp³-hybridized carbons (Fsp3) is 0.133. The summed E-state index contributed by atoms with van der Waals surface area (Å²) in [6.07, 6.45) is 1.74. The van der Waals surface area contributed by atoms with Crippen LogP contribution in [-0.4, -0.2) is 14.7 Å². The van der Waals surface area contributed by atoms with E-state index in [1.807, 2.05) is 30.3 Å². The summed E-state index contributed by atoms with van der Waals surface area (Å²) < 4.78 is 7.23. The monoisotopic (exact) mass is 283 g/mol. The number of nitrogens with zero attached hydrogens (tertiary/aromatic N) is 3. The Labute approximate surface area is 120 Å². The van der Waals surface area contributed by atoms with Crippen molar-refractivity contribution in [3.8, 4) is 5.75 Å². The zero-order chi connectivity index (χ0) is 14.8. The largest absolute Gasteiger partial charge is 0.482 e. The highest BCUT2D eigenvalue weighted by molar-refractivity contribution is 5.83. The molecule has 0 saturated heterocycles. The highest BCUT2D eigenvalue weighted by atomic mass is 16.6. The van der Waals surface area contributed by atoms with E-state index >= 15 is 0 Å². The van der Waals surface area contributed by atoms with Crippen molar-refractivity contribution in [2.24, 2.45) is 7.05 Å². The van der Waals surface area contributed by atoms with Crippen LogP contribution in [0.5, 0.6) is 5.75 Å². The molecule has 0 N–H and O–H groups in total. The van der Waals surface area contributed by atoms with Crippen LogP contribution in [0.1, 0.15) is 5.56 Å². The molecule has 1 aromatic heterocycles. The fourth-order valence-corrected chi connectivity index (χ4v) is 2.16. The summed E-state index contributed by atoms with van der Waals surface area (Å²) in [6, 6.07) is 12.6. The predicted molar refractivity (Wildman–Crippen MR) is 78.1 cm³/mol. The molecular formula is C15H13N3O3. The van der Waals surface area contributed by atoms with Gasteiger partial charge in [0.2, 0.25) is 0 Å². The number of aromatic nitrogens is 2. The summed E-state index contributed by atoms with van der Waals surface area (Å²) in [4.78, 5) is 10.7. The number of hydrogen-bond acceptors (Lipinski definition) is 4. The van der Waals surface area contributed by atoms with Crippen LogP contribution >= 0.6 is 0 Å². The van der Waals surface area contributed by atoms with Crippen LogP contribution in [0.25, 0.3) is 10.9 Å². The second kappa shape index (κ2) is 5.24. The topological polar surface area (TPSA) is 70.2 Å². The third kappa shape index (κ3) is 2.69. The van der Waals surface area contributed by atoms with Crippen LogP contribution in [0.3, 0.4) is 0 Å². The first kappa shape index (κ1) is 13.1. The Kier molecular flexibility index (Phi) is 3.27. The first-order valence-corrected chi connectivity index (χ1v) is 6.42. The average molecular weight is 283 g/mol. The molecule has 0 radical (unpaired) electrons. The molecule has 1 heterocycles. The van der Waals surface area contributed by atoms with E-state index in [0.29, 0.717) is 5.52 Å². The molecule has 3 aromatic rings. The van der Waals surface area contributed by atoms with E-state index in [2.05, 4.69) is 5.10 Å². The van der Waals surface area contributed by atoms with Crippen LogP contribution in [0.2, 0.25) is 0 Å². The lowest BCUT2D eigenvalue weighted by atomic mass is 10.2. The number of nitro groups is 1. The predicted octanol–water partition coefficient (Wildman–Crippen LogP) is 3.06. The van der Waals surface area contributed by atoms with Gasteiger partial charge in [-0.15, -0.1) is 0 Å². The summed E-state index contributed by atoms with van der Waals surface area (Å²) in [5.41, 5.74) is 1.57. The lowest BCUT2D eigenvalue weighted by Gasteiger charge is -2.06. The van der Waals surface area contributed by atoms with Gasteiger partial charge in [0.15, 0.2) is 5.75 Å². The molecule has 106 valence electrons. The highest BCUT2D eigenvalue weighted by Crippen LogP contribution is 2.32. The number of rotatable bonds is 4. The Morgan fingerprint density at radius 2 is 2.05 bits per heavy atom. The standard InChI is InChI=1S/C15H13N3O3/c1-17-9-12-7-14(18(19)20)15(8-13(12)16-17)21-10-11-5-3-2-4-6-11/h2-9H,10H2,1H3. The van der Waals surface area contributed by atoms with Crippen LogP contribution < -0.4 is 4.74 Å². The molecule has 0 fully saturated rings. The molecule has 21 heavy (non-hydrogen) atoms. The molecule has 0 aliphatic rings. The van der Waals surface area contributed by atoms with Gasteiger partial charge < -0.3 is 4.74 Å². The molecule has 0 saturated carbocycles. The van der Waals surface area contributed by atoms with Crippen LogP contribution in [0.4, 0.5) is 5.69 Å². The lowest BCUT2D eigenvalue weighted by Crippen LogP contribution is -1.99. The molecular weight excluding hydrogens is 270 g/mol. The lowest BCUT2D eigenvalue weighted by molar-refractivity contribution is -0.385. The Hall–Kier alpha value is -2.89. The van der Waals surface area contributed by atoms with Gasteiger partial charge in [0.25, 0.3) is 0 Å². The van der Waals surface area contributed by atoms with Crippen molar-refractivity contribution in [3.05, 3.63) is 64.3 Å². The summed E-state index contributed by atoms with van der Waals surface area (Å²) >= 11 is 0. The third-order valence-corrected chi connectivity index (χ3v) is 3.13. The Morgan fingerprint density at radius 1 is 1.29 bits per heavy atom. The van der Waals surface area contributed by atoms with E-state index < -0.39 is 4.92 Å². The molecule has 0 atom stereocenters. The molecule has 0 spiro atoms. The van der Waals surface area contributed by atoms with Crippen molar-refractivity contribution in [3.63, 3.8) is 0 Å². The maximum atomic E-state index is 11.2. The zero-order valence-corrected chi connectivity index (χ0v) is 11.4. The maximum absolute atomic E-state index is 11.2. The molecule has 0 unspecified atom stereocenters. The molecule has 0 aliphatic carbocycles. The van der Waals surface area contributed by atoms with Gasteiger partial charge in [-0.3, -0.25) is 14.8 Å². The van der Waals surface area contributed by atoms with E-state index in [1.165, 1.54) is 6.07 Å². The van der Waals surface area contributed by atoms with E-state index in [0.717, 1.165) is 10.9 Å². The average Bonchev–Trinajstić information content (AvgIpc) is 2.84. The van der Waals surface area contributed by atoms with Crippen molar-refractivity contribution in [1.82, 2.24) is 9.78 Å². The van der Waals surface area contributed by atoms with Gasteiger partial charge in [0.05, 0.1) is 10.4 Å². The van der Waals surface area contributed by atoms with Crippen LogP contribution in [0.15, 0.2) is 48.7 Å². The first-order chi connectivity index (χ1) is 10.1. The van der Waals surface area contributed by atoms with Gasteiger partial charge in [-0.1, -0.05) is 30.3 Å². The van der Waals surface area contributed by atoms with Crippen molar-refractivity contribution >= 4 is 16.6 Å². The van der Waals surface area contributed by atoms with Crippen LogP contribution in [0, 0.1) is 10.1 Å². The zero-order valence-electron chi connectivity index (χ0n) is 11.4. The van der Waals surface area contributed by atoms with E-state index in [1.54, 1.807) is 24.0 Å². The fourth-order valence-electron chi connectivity index (χ4n) is 2.16. The van der Waals surface area contributed by atoms with Gasteiger partial charge in [0, 0.05) is 30.8 Å². The minimum absolute atomic E-state index is 0.0496. The van der Waals surface area contributed by atoms with Gasteiger partial charge in [-0.2, -0.15) is 5.10 Å². The quantitative estimate of drug-likeness (QED) is 0.545. The van der Waals surface area contributed by atoms with E-state index in [4.69, 9.17) is 4.74 Å². The number of aryl methyl sites for hydroxylation is 1. The Morgan fingerprint density at radius 3 is 2.76 bits per heavy atom. The molecule has 2 aromatic carbocycles. The summed E-state index contributed by atoms with van der Waals surface area (Å²) in [6.45, 7) is 0.278. The molecule has 3 rings (SSSR count). The maximum Gasteiger partial charge on any atom is 0.311 e. The highest BCUT2D eigenvalue weighted by Gasteiger charge is 2.18. The van der Waals surface area contributed by atoms with Gasteiger partial charge in [-0.05, 0) is 5.56 Å². The minimum atomic E-state index is -0.438. The second-order valence-corrected chi connectivity index (χ2v) is 4.71. The molecule has 0 bridgehead atoms. The number of nitro benzene ring substituents is 1. The van der Waals surface area contributed by atoms with Crippen molar-refractivity contribution in [2.45, 2.75) is 6.61 Å². The van der Waals surface area contributed by atoms with Crippen molar-refractivity contribution in [2.75, 3.05) is 0 Å². The summed E-state index contributed by atoms with van der Waals surface area (Å²) in [5, 5.41) is 16.1. The SMILES string of the molecule is Cn1cc2cc([N+](=O)[O-])c(OCc3ccccc3)cc2n1. The first-order valence-electron chi connectivity index (χ1n) is 6.42. The summed E-state index contributed by atoms with van der Waals surface area (Å²) in [7, 11) is 1.77. The van der Waals surface area contributed by atoms with Crippen molar-refractivity contribution < 1.29 is 9.66 Å². The number of ether oxygens (including phenoxy) is 1. The van der Waals surface area contributed by atoms with Crippen molar-refractivity contribution in [1.29, 1.82) is 0 Å². The molecule has 6 heteroatoms. The normalized spacial score (nSPS) is 10.7. The Bertz CT molecular complexity index is 797. The second-order valence-electron chi connectivity index (χ2n) is 4.71. The molecule has 6 nitrogen and oxygen atoms in total. The molecule has 0 aliphatic heterocycles. The summed E-state index contributed by atoms with van der Waals surface area (Å²) in [5.74, 6) is 0.232. The van der Waals surface area contributed by atoms with Gasteiger partial charge >= 0.3 is 5.69 Å². The van der Waals surface area contributed by atoms with E-state index in [-0.39, 0.29) is 18.0 Å². The smallest absolute Gasteiger partial charge is 0.311 e. The molecule has 0 amide bonds.